The van der Waals surface area contributed by atoms with Crippen molar-refractivity contribution in [3.63, 3.8) is 0 Å². The van der Waals surface area contributed by atoms with Crippen LogP contribution in [0.4, 0.5) is 5.69 Å². The fourth-order valence-corrected chi connectivity index (χ4v) is 3.95. The molecule has 5 heteroatoms. The van der Waals surface area contributed by atoms with Crippen LogP contribution in [0.25, 0.3) is 10.9 Å². The molecule has 1 aromatic carbocycles. The van der Waals surface area contributed by atoms with Crippen LogP contribution in [0.1, 0.15) is 113 Å². The van der Waals surface area contributed by atoms with E-state index in [9.17, 15) is 4.79 Å². The maximum Gasteiger partial charge on any atom is 1.00 e. The molecule has 2 aromatic rings. The third-order valence-corrected chi connectivity index (χ3v) is 5.93. The Labute approximate surface area is 249 Å². The third-order valence-electron chi connectivity index (χ3n) is 5.93. The zero-order chi connectivity index (χ0) is 24.2. The van der Waals surface area contributed by atoms with Crippen LogP contribution in [0.2, 0.25) is 0 Å². The molecule has 0 saturated heterocycles. The monoisotopic (exact) mass is 487 g/mol. The summed E-state index contributed by atoms with van der Waals surface area (Å²) in [7, 11) is 0. The molecule has 2 aliphatic rings. The number of carbonyl (C=O) groups excluding carboxylic acids is 1. The molecule has 4 nitrogen and oxygen atoms in total. The average molecular weight is 488 g/mol. The molecule has 3 heterocycles. The number of aromatic nitrogens is 1. The van der Waals surface area contributed by atoms with Crippen LogP contribution in [0.5, 0.6) is 0 Å². The summed E-state index contributed by atoms with van der Waals surface area (Å²) in [6.45, 7) is 13.2. The first-order chi connectivity index (χ1) is 16.0. The van der Waals surface area contributed by atoms with Crippen molar-refractivity contribution < 1.29 is 56.2 Å². The van der Waals surface area contributed by atoms with E-state index in [0.717, 1.165) is 34.6 Å². The molecule has 2 unspecified atom stereocenters. The van der Waals surface area contributed by atoms with E-state index < -0.39 is 0 Å². The summed E-state index contributed by atoms with van der Waals surface area (Å²) in [4.78, 5) is 14.9. The summed E-state index contributed by atoms with van der Waals surface area (Å²) < 4.78 is 0. The van der Waals surface area contributed by atoms with Crippen molar-refractivity contribution in [2.75, 3.05) is 6.54 Å². The van der Waals surface area contributed by atoms with Crippen LogP contribution >= 0.6 is 0 Å². The number of Topliss-reactive ketones (excluding diaryl/α,β-unsaturated/α-hetero) is 1. The molecule has 2 N–H and O–H groups in total. The van der Waals surface area contributed by atoms with E-state index in [1.165, 1.54) is 37.8 Å². The van der Waals surface area contributed by atoms with Gasteiger partial charge >= 0.3 is 51.4 Å². The number of carbonyl (C=O) groups is 1. The van der Waals surface area contributed by atoms with Gasteiger partial charge in [0.05, 0.1) is 6.04 Å². The minimum Gasteiger partial charge on any atom is -0.682 e. The van der Waals surface area contributed by atoms with Crippen LogP contribution in [0, 0.1) is 0 Å². The number of fused-ring (bicyclic) bond motifs is 1. The van der Waals surface area contributed by atoms with E-state index in [-0.39, 0.29) is 63.2 Å². The molecule has 2 aliphatic heterocycles. The second kappa shape index (κ2) is 16.5. The molecule has 2 atom stereocenters. The fraction of sp³-hybridized carbons (Fsp3) is 0.483. The summed E-state index contributed by atoms with van der Waals surface area (Å²) in [6.07, 6.45) is 13.3. The number of nitrogens with zero attached hydrogens (tertiary/aromatic N) is 1. The third kappa shape index (κ3) is 8.83. The molecule has 0 saturated carbocycles. The molecule has 0 amide bonds. The smallest absolute Gasteiger partial charge is 0.682 e. The first-order valence-corrected chi connectivity index (χ1v) is 12.7. The standard InChI is InChI=1S/C20H20N3O.C7H16.C2H6.K/c1-12-11-22-19-10-18(23-20(12)19)16-7-8-21-17(9-16)15-5-3-14(4-6-15)13(2)24;1-3-5-7-6-4-2;1-2;/h3-10,12,17,21,23H,11H2,1-2H3;3-7H2,1-2H3;1-2H3;/q-1;;;+1. The quantitative estimate of drug-likeness (QED) is 0.304. The summed E-state index contributed by atoms with van der Waals surface area (Å²) >= 11 is 0. The van der Waals surface area contributed by atoms with Crippen molar-refractivity contribution in [3.8, 4) is 0 Å². The van der Waals surface area contributed by atoms with Crippen molar-refractivity contribution in [1.82, 2.24) is 10.3 Å². The molecular weight excluding hydrogens is 445 g/mol. The SMILES string of the molecule is CC.CC(=O)c1ccc(C2C=C(c3cc4c([nH]3)C(C)C[N-]4)C=CN2)cc1.CCCCCCC.[K+]. The minimum atomic E-state index is 0. The number of dihydropyridines is 1. The number of unbranched alkanes of at least 4 members (excludes halogenated alkanes) is 4. The Balaban J connectivity index is 0.000000502. The predicted octanol–water partition coefficient (Wildman–Crippen LogP) is 5.59. The maximum absolute atomic E-state index is 11.4. The Kier molecular flexibility index (Phi) is 15.0. The van der Waals surface area contributed by atoms with Crippen molar-refractivity contribution in [2.24, 2.45) is 0 Å². The second-order valence-electron chi connectivity index (χ2n) is 8.56. The zero-order valence-corrected chi connectivity index (χ0v) is 25.5. The predicted molar refractivity (Wildman–Crippen MR) is 142 cm³/mol. The molecule has 4 rings (SSSR count). The molecular formula is C29H42KN3O. The van der Waals surface area contributed by atoms with Crippen LogP contribution < -0.4 is 56.7 Å². The summed E-state index contributed by atoms with van der Waals surface area (Å²) in [5.41, 5.74) is 6.47. The Morgan fingerprint density at radius 2 is 1.71 bits per heavy atom. The Morgan fingerprint density at radius 3 is 2.26 bits per heavy atom. The van der Waals surface area contributed by atoms with Crippen molar-refractivity contribution >= 4 is 17.0 Å². The van der Waals surface area contributed by atoms with Gasteiger partial charge in [-0.2, -0.15) is 0 Å². The van der Waals surface area contributed by atoms with E-state index in [2.05, 4.69) is 54.6 Å². The number of benzene rings is 1. The largest absolute Gasteiger partial charge is 1.00 e. The Morgan fingerprint density at radius 1 is 1.06 bits per heavy atom. The van der Waals surface area contributed by atoms with E-state index in [4.69, 9.17) is 0 Å². The second-order valence-corrected chi connectivity index (χ2v) is 8.56. The molecule has 0 fully saturated rings. The van der Waals surface area contributed by atoms with Crippen molar-refractivity contribution in [1.29, 1.82) is 0 Å². The number of allylic oxidation sites excluding steroid dienone is 2. The van der Waals surface area contributed by atoms with Gasteiger partial charge in [0.15, 0.2) is 5.78 Å². The first-order valence-electron chi connectivity index (χ1n) is 12.7. The normalized spacial score (nSPS) is 17.4. The van der Waals surface area contributed by atoms with Crippen LogP contribution in [0.3, 0.4) is 0 Å². The molecule has 1 aromatic heterocycles. The van der Waals surface area contributed by atoms with E-state index in [1.54, 1.807) is 6.92 Å². The summed E-state index contributed by atoms with van der Waals surface area (Å²) in [6, 6.07) is 10.0. The van der Waals surface area contributed by atoms with Gasteiger partial charge in [-0.25, -0.2) is 0 Å². The van der Waals surface area contributed by atoms with Crippen LogP contribution in [-0.4, -0.2) is 17.3 Å². The summed E-state index contributed by atoms with van der Waals surface area (Å²) in [5, 5.41) is 7.93. The van der Waals surface area contributed by atoms with Gasteiger partial charge in [0, 0.05) is 17.0 Å². The number of hydrogen-bond donors (Lipinski definition) is 2. The van der Waals surface area contributed by atoms with Gasteiger partial charge in [0.25, 0.3) is 0 Å². The number of H-pyrrole nitrogens is 1. The minimum absolute atomic E-state index is 0. The van der Waals surface area contributed by atoms with Gasteiger partial charge < -0.3 is 15.6 Å². The molecule has 180 valence electrons. The van der Waals surface area contributed by atoms with E-state index in [1.807, 2.05) is 44.3 Å². The van der Waals surface area contributed by atoms with Gasteiger partial charge in [0.1, 0.15) is 0 Å². The van der Waals surface area contributed by atoms with Gasteiger partial charge in [-0.3, -0.25) is 4.79 Å². The molecule has 0 aliphatic carbocycles. The van der Waals surface area contributed by atoms with Gasteiger partial charge in [-0.1, -0.05) is 97.1 Å². The topological polar surface area (TPSA) is 59.0 Å². The molecule has 0 radical (unpaired) electrons. The van der Waals surface area contributed by atoms with Gasteiger partial charge in [0.2, 0.25) is 0 Å². The molecule has 0 spiro atoms. The van der Waals surface area contributed by atoms with E-state index >= 15 is 0 Å². The Hall–Kier alpha value is -1.11. The fourth-order valence-electron chi connectivity index (χ4n) is 3.95. The number of aromatic amines is 1. The maximum atomic E-state index is 11.4. The number of hydrogen-bond acceptors (Lipinski definition) is 2. The molecule has 0 bridgehead atoms. The number of ketones is 1. The average Bonchev–Trinajstić information content (AvgIpc) is 3.43. The number of nitrogens with one attached hydrogen (secondary N) is 2. The number of rotatable bonds is 7. The van der Waals surface area contributed by atoms with Gasteiger partial charge in [-0.15, -0.1) is 12.2 Å². The van der Waals surface area contributed by atoms with Crippen LogP contribution in [-0.2, 0) is 0 Å². The van der Waals surface area contributed by atoms with Crippen molar-refractivity contribution in [3.05, 3.63) is 76.5 Å². The van der Waals surface area contributed by atoms with Crippen molar-refractivity contribution in [2.45, 2.75) is 85.6 Å². The van der Waals surface area contributed by atoms with E-state index in [0.29, 0.717) is 5.92 Å². The summed E-state index contributed by atoms with van der Waals surface area (Å²) in [5.74, 6) is 0.558. The molecule has 34 heavy (non-hydrogen) atoms. The first kappa shape index (κ1) is 30.9. The zero-order valence-electron chi connectivity index (χ0n) is 22.4. The van der Waals surface area contributed by atoms with Crippen LogP contribution in [0.15, 0.2) is 48.7 Å². The Bertz CT molecular complexity index is 923. The van der Waals surface area contributed by atoms with Gasteiger partial charge in [-0.05, 0) is 42.3 Å².